The zero-order valence-corrected chi connectivity index (χ0v) is 83.2. The molecule has 0 aliphatic heterocycles. The van der Waals surface area contributed by atoms with Crippen molar-refractivity contribution in [2.45, 2.75) is 477 Å². The van der Waals surface area contributed by atoms with E-state index in [1.165, 1.54) is 74.8 Å². The van der Waals surface area contributed by atoms with Gasteiger partial charge in [-0.3, -0.25) is 19.9 Å². The second-order valence-electron chi connectivity index (χ2n) is 35.6. The van der Waals surface area contributed by atoms with Gasteiger partial charge in [0.2, 0.25) is 0 Å². The van der Waals surface area contributed by atoms with Gasteiger partial charge in [0.1, 0.15) is 21.7 Å². The summed E-state index contributed by atoms with van der Waals surface area (Å²) in [6.07, 6.45) is 19.4. The van der Waals surface area contributed by atoms with Crippen LogP contribution in [0.25, 0.3) is 0 Å². The molecule has 0 aliphatic rings. The first-order valence-corrected chi connectivity index (χ1v) is 46.8. The van der Waals surface area contributed by atoms with Crippen molar-refractivity contribution in [3.8, 4) is 0 Å². The van der Waals surface area contributed by atoms with E-state index in [2.05, 4.69) is 382 Å². The molecule has 14 nitrogen and oxygen atoms in total. The number of aromatic nitrogens is 14. The minimum Gasteiger partial charge on any atom is -0.261 e. The Morgan fingerprint density at radius 1 is 0.175 bits per heavy atom. The lowest BCUT2D eigenvalue weighted by Gasteiger charge is -2.07. The van der Waals surface area contributed by atoms with Gasteiger partial charge in [-0.25, -0.2) is 39.9 Å². The maximum atomic E-state index is 4.53. The van der Waals surface area contributed by atoms with Crippen molar-refractivity contribution < 1.29 is 0 Å². The monoisotopic (exact) mass is 1840 g/mol. The third kappa shape index (κ3) is 56.3. The molecule has 126 heavy (non-hydrogen) atoms. The summed E-state index contributed by atoms with van der Waals surface area (Å²) in [5.41, 5.74) is 12.0. The van der Waals surface area contributed by atoms with Gasteiger partial charge in [-0.2, -0.15) is 0 Å². The first-order valence-electron chi connectivity index (χ1n) is 42.6. The first kappa shape index (κ1) is 143. The predicted molar refractivity (Wildman–Crippen MR) is 579 cm³/mol. The maximum absolute atomic E-state index is 4.53. The van der Waals surface area contributed by atoms with E-state index in [-0.39, 0.29) is 81.7 Å². The number of hydrogen-bond acceptors (Lipinski definition) is 19. The van der Waals surface area contributed by atoms with Gasteiger partial charge in [0.25, 0.3) is 0 Å². The van der Waals surface area contributed by atoms with Crippen LogP contribution >= 0.6 is 56.7 Å². The van der Waals surface area contributed by atoms with E-state index < -0.39 is 0 Å². The zero-order chi connectivity index (χ0) is 87.8. The SMILES string of the molecule is C.C.C.C.C.C.C.C.C.C.C.CC(C)c1ccc(C(C)C)nc1.CC(C)c1ccc(C(C)C)nc1.CC(C)c1cnc(C(C)C)cn1.CC(C)c1cnc(C(C)C)nc1.CC(C)c1cnc(C(C)C)nc1.CC(C)c1cnc(C(C)C)s1.CC(C)c1cnc(C(C)C)s1.CC(C)c1csc(C(C)C)n1.CC(C)c1csc(C(C)C)n1.CC(C)c1nnc(C(C)C)s1. The Morgan fingerprint density at radius 3 is 0.548 bits per heavy atom. The molecule has 0 unspecified atom stereocenters. The summed E-state index contributed by atoms with van der Waals surface area (Å²) >= 11 is 8.95. The van der Waals surface area contributed by atoms with Gasteiger partial charge >= 0.3 is 0 Å². The van der Waals surface area contributed by atoms with Crippen LogP contribution in [-0.2, 0) is 0 Å². The zero-order valence-electron chi connectivity index (χ0n) is 79.1. The molecular weight excluding hydrogens is 1640 g/mol. The lowest BCUT2D eigenvalue weighted by molar-refractivity contribution is 0.754. The number of hydrogen-bond donors (Lipinski definition) is 0. The van der Waals surface area contributed by atoms with E-state index in [0.717, 1.165) is 33.1 Å². The number of pyridine rings is 2. The average Bonchev–Trinajstić information content (AvgIpc) is 1.52. The molecule has 10 heterocycles. The van der Waals surface area contributed by atoms with E-state index in [4.69, 9.17) is 0 Å². The Kier molecular flexibility index (Phi) is 84.1. The second-order valence-corrected chi connectivity index (χ2v) is 40.7. The maximum Gasteiger partial charge on any atom is 0.130 e. The molecular formula is C107H200N14S5. The van der Waals surface area contributed by atoms with Gasteiger partial charge in [-0.15, -0.1) is 66.9 Å². The smallest absolute Gasteiger partial charge is 0.130 e. The van der Waals surface area contributed by atoms with Gasteiger partial charge in [0.15, 0.2) is 0 Å². The summed E-state index contributed by atoms with van der Waals surface area (Å²) in [6, 6.07) is 8.60. The number of rotatable bonds is 20. The number of nitrogens with zero attached hydrogens (tertiary/aromatic N) is 14. The Balaban J connectivity index is -0.000000128. The van der Waals surface area contributed by atoms with Crippen LogP contribution in [0.2, 0.25) is 0 Å². The quantitative estimate of drug-likeness (QED) is 0.0703. The fourth-order valence-electron chi connectivity index (χ4n) is 9.08. The molecule has 0 amide bonds. The van der Waals surface area contributed by atoms with Crippen molar-refractivity contribution in [3.05, 3.63) is 205 Å². The fraction of sp³-hybridized carbons (Fsp3) is 0.664. The van der Waals surface area contributed by atoms with E-state index >= 15 is 0 Å². The van der Waals surface area contributed by atoms with Gasteiger partial charge in [0, 0.05) is 141 Å². The standard InChI is InChI=1S/2C11H17N.3C10H16N2.4C9H15NS.C8H14N2S.11CH4/c2*1-8(2)10-5-6-11(9(3)4)12-7-10;1-7(2)9-5-12-10(6-11-9)8(3)4;2*1-7(2)9-5-11-10(8(3)4)12-6-9;2*1-6(2)8-5-11-9(10-8)7(3)4;2*1-6(2)8-5-10-9(11-8)7(3)4;1-5(2)7-9-10-8(11-7)6(3)4;;;;;;;;;;;/h2*5-9H,1-4H3;3*5-8H,1-4H3;4*5-7H,1-4H3;5-6H,1-4H3;11*1H4. The topological polar surface area (TPSA) is 180 Å². The molecule has 0 spiro atoms. The average molecular weight is 1840 g/mol. The van der Waals surface area contributed by atoms with Crippen molar-refractivity contribution >= 4 is 56.7 Å². The highest BCUT2D eigenvalue weighted by Gasteiger charge is 2.15. The Hall–Kier alpha value is -6.38. The summed E-state index contributed by atoms with van der Waals surface area (Å²) < 4.78 is 0. The molecule has 0 saturated heterocycles. The van der Waals surface area contributed by atoms with Crippen molar-refractivity contribution in [1.29, 1.82) is 0 Å². The normalized spacial score (nSPS) is 10.3. The third-order valence-corrected chi connectivity index (χ3v) is 24.7. The fourth-order valence-corrected chi connectivity index (χ4v) is 13.8. The third-order valence-electron chi connectivity index (χ3n) is 17.7. The highest BCUT2D eigenvalue weighted by Crippen LogP contribution is 2.30. The van der Waals surface area contributed by atoms with Crippen molar-refractivity contribution in [2.24, 2.45) is 0 Å². The minimum atomic E-state index is 0. The van der Waals surface area contributed by atoms with Crippen molar-refractivity contribution in [3.63, 3.8) is 0 Å². The summed E-state index contributed by atoms with van der Waals surface area (Å²) in [5, 5.41) is 19.9. The van der Waals surface area contributed by atoms with E-state index in [1.807, 2.05) is 84.6 Å². The molecule has 10 aromatic rings. The molecule has 0 radical (unpaired) electrons. The van der Waals surface area contributed by atoms with Gasteiger partial charge in [0.05, 0.1) is 42.8 Å². The summed E-state index contributed by atoms with van der Waals surface area (Å²) in [4.78, 5) is 55.2. The molecule has 0 aromatic carbocycles. The molecule has 0 atom stereocenters. The van der Waals surface area contributed by atoms with Gasteiger partial charge in [-0.05, 0) is 105 Å². The lowest BCUT2D eigenvalue weighted by atomic mass is 10.0. The predicted octanol–water partition coefficient (Wildman–Crippen LogP) is 38.2. The van der Waals surface area contributed by atoms with Crippen molar-refractivity contribution in [2.75, 3.05) is 0 Å². The summed E-state index contributed by atoms with van der Waals surface area (Å²) in [5.74, 6) is 12.6. The Morgan fingerprint density at radius 2 is 0.405 bits per heavy atom. The molecule has 10 rings (SSSR count). The van der Waals surface area contributed by atoms with E-state index in [1.54, 1.807) is 34.0 Å². The van der Waals surface area contributed by atoms with Crippen LogP contribution in [0, 0.1) is 0 Å². The molecule has 0 saturated carbocycles. The molecule has 0 fully saturated rings. The van der Waals surface area contributed by atoms with Crippen LogP contribution in [0.5, 0.6) is 0 Å². The van der Waals surface area contributed by atoms with Crippen LogP contribution in [0.15, 0.2) is 97.0 Å². The van der Waals surface area contributed by atoms with Crippen LogP contribution in [0.1, 0.15) is 585 Å². The Bertz CT molecular complexity index is 3210. The highest BCUT2D eigenvalue weighted by atomic mass is 32.1. The summed E-state index contributed by atoms with van der Waals surface area (Å²) in [7, 11) is 0. The molecule has 728 valence electrons. The molecule has 0 aliphatic carbocycles. The van der Waals surface area contributed by atoms with E-state index in [0.29, 0.717) is 118 Å². The Labute approximate surface area is 802 Å². The van der Waals surface area contributed by atoms with Crippen LogP contribution in [0.4, 0.5) is 0 Å². The first-order chi connectivity index (χ1) is 53.6. The highest BCUT2D eigenvalue weighted by molar-refractivity contribution is 7.12. The second kappa shape index (κ2) is 74.3. The van der Waals surface area contributed by atoms with E-state index in [9.17, 15) is 0 Å². The van der Waals surface area contributed by atoms with Gasteiger partial charge < -0.3 is 0 Å². The van der Waals surface area contributed by atoms with Gasteiger partial charge in [-0.1, -0.05) is 371 Å². The molecule has 0 N–H and O–H groups in total. The van der Waals surface area contributed by atoms with Crippen LogP contribution < -0.4 is 0 Å². The molecule has 0 bridgehead atoms. The van der Waals surface area contributed by atoms with Crippen LogP contribution in [0.3, 0.4) is 0 Å². The molecule has 10 aromatic heterocycles. The molecule has 19 heteroatoms. The minimum absolute atomic E-state index is 0. The number of thiazole rings is 4. The summed E-state index contributed by atoms with van der Waals surface area (Å²) in [6.45, 7) is 86.5. The lowest BCUT2D eigenvalue weighted by Crippen LogP contribution is -1.99. The largest absolute Gasteiger partial charge is 0.261 e. The van der Waals surface area contributed by atoms with Crippen molar-refractivity contribution in [1.82, 2.24) is 70.0 Å². The van der Waals surface area contributed by atoms with Crippen LogP contribution in [-0.4, -0.2) is 70.0 Å².